The van der Waals surface area contributed by atoms with E-state index in [1.54, 1.807) is 4.90 Å². The molecule has 0 N–H and O–H groups in total. The van der Waals surface area contributed by atoms with Crippen molar-refractivity contribution < 1.29 is 13.9 Å². The molecule has 1 amide bonds. The fourth-order valence-corrected chi connectivity index (χ4v) is 3.13. The quantitative estimate of drug-likeness (QED) is 0.566. The van der Waals surface area contributed by atoms with Gasteiger partial charge in [-0.05, 0) is 37.5 Å². The highest BCUT2D eigenvalue weighted by Crippen LogP contribution is 2.21. The van der Waals surface area contributed by atoms with Crippen LogP contribution in [-0.4, -0.2) is 39.9 Å². The maximum Gasteiger partial charge on any atom is 0.276 e. The van der Waals surface area contributed by atoms with Gasteiger partial charge in [0.05, 0.1) is 13.2 Å². The van der Waals surface area contributed by atoms with Gasteiger partial charge in [-0.2, -0.15) is 0 Å². The molecule has 1 aromatic carbocycles. The second-order valence-electron chi connectivity index (χ2n) is 5.85. The van der Waals surface area contributed by atoms with Crippen molar-refractivity contribution in [2.75, 3.05) is 18.9 Å². The fourth-order valence-electron chi connectivity index (χ4n) is 2.54. The van der Waals surface area contributed by atoms with Gasteiger partial charge in [0.1, 0.15) is 5.75 Å². The highest BCUT2D eigenvalue weighted by atomic mass is 32.2. The molecule has 6 nitrogen and oxygen atoms in total. The predicted octanol–water partition coefficient (Wildman–Crippen LogP) is 2.98. The number of ether oxygens (including phenoxy) is 1. The number of aryl methyl sites for hydroxylation is 2. The number of benzene rings is 1. The van der Waals surface area contributed by atoms with Crippen LogP contribution in [0.3, 0.4) is 0 Å². The lowest BCUT2D eigenvalue weighted by molar-refractivity contribution is -0.128. The lowest BCUT2D eigenvalue weighted by atomic mass is 10.1. The Balaban J connectivity index is 1.44. The van der Waals surface area contributed by atoms with E-state index in [2.05, 4.69) is 22.3 Å². The van der Waals surface area contributed by atoms with Crippen molar-refractivity contribution in [1.82, 2.24) is 15.1 Å². The van der Waals surface area contributed by atoms with E-state index in [0.29, 0.717) is 30.7 Å². The summed E-state index contributed by atoms with van der Waals surface area (Å²) in [5, 5.41) is 8.53. The van der Waals surface area contributed by atoms with Gasteiger partial charge in [-0.3, -0.25) is 4.79 Å². The number of nitrogens with zero attached hydrogens (tertiary/aromatic N) is 3. The predicted molar refractivity (Wildman–Crippen MR) is 91.1 cm³/mol. The first-order valence-electron chi connectivity index (χ1n) is 8.05. The van der Waals surface area contributed by atoms with Crippen LogP contribution in [0.15, 0.2) is 27.8 Å². The Bertz CT molecular complexity index is 717. The number of rotatable bonds is 7. The van der Waals surface area contributed by atoms with Crippen LogP contribution in [-0.2, 0) is 11.3 Å². The first-order chi connectivity index (χ1) is 11.6. The Morgan fingerprint density at radius 3 is 3.00 bits per heavy atom. The molecule has 1 saturated heterocycles. The molecule has 2 heterocycles. The van der Waals surface area contributed by atoms with Crippen molar-refractivity contribution in [1.29, 1.82) is 0 Å². The van der Waals surface area contributed by atoms with Crippen molar-refractivity contribution in [3.63, 3.8) is 0 Å². The summed E-state index contributed by atoms with van der Waals surface area (Å²) < 4.78 is 11.4. The third-order valence-corrected chi connectivity index (χ3v) is 4.64. The number of thioether (sulfide) groups is 1. The molecule has 24 heavy (non-hydrogen) atoms. The second-order valence-corrected chi connectivity index (χ2v) is 6.89. The Morgan fingerprint density at radius 2 is 2.21 bits per heavy atom. The van der Waals surface area contributed by atoms with Gasteiger partial charge in [0.15, 0.2) is 0 Å². The maximum absolute atomic E-state index is 11.6. The molecule has 1 aliphatic heterocycles. The number of hydrogen-bond acceptors (Lipinski definition) is 6. The van der Waals surface area contributed by atoms with Gasteiger partial charge in [-0.1, -0.05) is 23.9 Å². The largest absolute Gasteiger partial charge is 0.492 e. The SMILES string of the molecule is Cc1ccc(C)c(OCCSc2nnc(CN3CCCC3=O)o2)c1. The summed E-state index contributed by atoms with van der Waals surface area (Å²) >= 11 is 1.46. The zero-order chi connectivity index (χ0) is 16.9. The zero-order valence-electron chi connectivity index (χ0n) is 13.9. The molecule has 128 valence electrons. The van der Waals surface area contributed by atoms with E-state index in [4.69, 9.17) is 9.15 Å². The molecule has 0 bridgehead atoms. The molecular formula is C17H21N3O3S. The standard InChI is InChI=1S/C17H21N3O3S/c1-12-5-6-13(2)14(10-12)22-8-9-24-17-19-18-15(23-17)11-20-7-3-4-16(20)21/h5-6,10H,3-4,7-9,11H2,1-2H3. The first kappa shape index (κ1) is 16.8. The van der Waals surface area contributed by atoms with E-state index in [1.165, 1.54) is 17.3 Å². The number of carbonyl (C=O) groups is 1. The molecule has 3 rings (SSSR count). The number of amides is 1. The van der Waals surface area contributed by atoms with E-state index >= 15 is 0 Å². The summed E-state index contributed by atoms with van der Waals surface area (Å²) in [5.74, 6) is 2.28. The minimum absolute atomic E-state index is 0.157. The van der Waals surface area contributed by atoms with Crippen LogP contribution in [0.1, 0.15) is 29.9 Å². The number of hydrogen-bond donors (Lipinski definition) is 0. The van der Waals surface area contributed by atoms with Crippen molar-refractivity contribution in [2.24, 2.45) is 0 Å². The van der Waals surface area contributed by atoms with Crippen LogP contribution in [0.5, 0.6) is 5.75 Å². The third-order valence-electron chi connectivity index (χ3n) is 3.86. The highest BCUT2D eigenvalue weighted by molar-refractivity contribution is 7.99. The molecule has 0 spiro atoms. The average Bonchev–Trinajstić information content (AvgIpc) is 3.17. The maximum atomic E-state index is 11.6. The first-order valence-corrected chi connectivity index (χ1v) is 9.03. The molecule has 0 saturated carbocycles. The highest BCUT2D eigenvalue weighted by Gasteiger charge is 2.22. The van der Waals surface area contributed by atoms with Crippen molar-refractivity contribution in [3.05, 3.63) is 35.2 Å². The van der Waals surface area contributed by atoms with Crippen molar-refractivity contribution >= 4 is 17.7 Å². The molecular weight excluding hydrogens is 326 g/mol. The Morgan fingerprint density at radius 1 is 1.33 bits per heavy atom. The molecule has 1 aliphatic rings. The van der Waals surface area contributed by atoms with Gasteiger partial charge in [0.25, 0.3) is 5.22 Å². The van der Waals surface area contributed by atoms with Gasteiger partial charge >= 0.3 is 0 Å². The summed E-state index contributed by atoms with van der Waals surface area (Å²) in [6.07, 6.45) is 1.52. The second kappa shape index (κ2) is 7.70. The van der Waals surface area contributed by atoms with E-state index in [9.17, 15) is 4.79 Å². The molecule has 2 aromatic rings. The lowest BCUT2D eigenvalue weighted by Crippen LogP contribution is -2.23. The lowest BCUT2D eigenvalue weighted by Gasteiger charge is -2.11. The van der Waals surface area contributed by atoms with Gasteiger partial charge in [-0.25, -0.2) is 0 Å². The third kappa shape index (κ3) is 4.29. The van der Waals surface area contributed by atoms with Crippen LogP contribution in [0.4, 0.5) is 0 Å². The molecule has 1 aromatic heterocycles. The summed E-state index contributed by atoms with van der Waals surface area (Å²) in [4.78, 5) is 13.4. The van der Waals surface area contributed by atoms with Crippen molar-refractivity contribution in [2.45, 2.75) is 38.5 Å². The van der Waals surface area contributed by atoms with Gasteiger partial charge < -0.3 is 14.1 Å². The smallest absolute Gasteiger partial charge is 0.276 e. The number of carbonyl (C=O) groups excluding carboxylic acids is 1. The normalized spacial score (nSPS) is 14.4. The summed E-state index contributed by atoms with van der Waals surface area (Å²) in [5.41, 5.74) is 2.31. The van der Waals surface area contributed by atoms with Crippen LogP contribution < -0.4 is 4.74 Å². The summed E-state index contributed by atoms with van der Waals surface area (Å²) in [7, 11) is 0. The molecule has 7 heteroatoms. The number of likely N-dealkylation sites (tertiary alicyclic amines) is 1. The number of aromatic nitrogens is 2. The minimum atomic E-state index is 0.157. The summed E-state index contributed by atoms with van der Waals surface area (Å²) in [6, 6.07) is 6.17. The van der Waals surface area contributed by atoms with E-state index in [-0.39, 0.29) is 5.91 Å². The van der Waals surface area contributed by atoms with E-state index in [1.807, 2.05) is 19.9 Å². The van der Waals surface area contributed by atoms with Crippen LogP contribution in [0, 0.1) is 13.8 Å². The zero-order valence-corrected chi connectivity index (χ0v) is 14.8. The molecule has 0 aliphatic carbocycles. The monoisotopic (exact) mass is 347 g/mol. The Labute approximate surface area is 145 Å². The van der Waals surface area contributed by atoms with Gasteiger partial charge in [-0.15, -0.1) is 10.2 Å². The van der Waals surface area contributed by atoms with Gasteiger partial charge in [0.2, 0.25) is 11.8 Å². The molecule has 1 fully saturated rings. The minimum Gasteiger partial charge on any atom is -0.492 e. The van der Waals surface area contributed by atoms with E-state index in [0.717, 1.165) is 30.0 Å². The van der Waals surface area contributed by atoms with Crippen LogP contribution in [0.2, 0.25) is 0 Å². The average molecular weight is 347 g/mol. The van der Waals surface area contributed by atoms with Crippen LogP contribution >= 0.6 is 11.8 Å². The Kier molecular flexibility index (Phi) is 5.40. The topological polar surface area (TPSA) is 68.5 Å². The van der Waals surface area contributed by atoms with Gasteiger partial charge in [0, 0.05) is 18.7 Å². The fraction of sp³-hybridized carbons (Fsp3) is 0.471. The Hall–Kier alpha value is -2.02. The molecule has 0 radical (unpaired) electrons. The molecule has 0 unspecified atom stereocenters. The molecule has 0 atom stereocenters. The van der Waals surface area contributed by atoms with Crippen molar-refractivity contribution in [3.8, 4) is 5.75 Å². The van der Waals surface area contributed by atoms with E-state index < -0.39 is 0 Å². The van der Waals surface area contributed by atoms with Crippen LogP contribution in [0.25, 0.3) is 0 Å². The summed E-state index contributed by atoms with van der Waals surface area (Å²) in [6.45, 7) is 5.83.